The summed E-state index contributed by atoms with van der Waals surface area (Å²) in [6.45, 7) is 6.04. The second kappa shape index (κ2) is 8.18. The Morgan fingerprint density at radius 3 is 2.47 bits per heavy atom. The van der Waals surface area contributed by atoms with E-state index in [-0.39, 0.29) is 11.8 Å². The fourth-order valence-corrected chi connectivity index (χ4v) is 2.16. The molecule has 0 saturated heterocycles. The number of hydrogen-bond acceptors (Lipinski definition) is 2. The highest BCUT2D eigenvalue weighted by Gasteiger charge is 2.15. The summed E-state index contributed by atoms with van der Waals surface area (Å²) in [5.41, 5.74) is 2.23. The number of hydrogen-bond donors (Lipinski definition) is 0. The molecule has 106 valence electrons. The van der Waals surface area contributed by atoms with E-state index in [1.807, 2.05) is 29.2 Å². The van der Waals surface area contributed by atoms with Crippen molar-refractivity contribution in [2.24, 2.45) is 5.92 Å². The first-order chi connectivity index (χ1) is 9.08. The molecule has 0 aliphatic heterocycles. The zero-order valence-electron chi connectivity index (χ0n) is 11.9. The van der Waals surface area contributed by atoms with Gasteiger partial charge in [0.05, 0.1) is 6.61 Å². The highest BCUT2D eigenvalue weighted by Crippen LogP contribution is 2.14. The quantitative estimate of drug-likeness (QED) is 0.720. The lowest BCUT2D eigenvalue weighted by atomic mass is 10.1. The van der Waals surface area contributed by atoms with Crippen LogP contribution in [0.5, 0.6) is 0 Å². The smallest absolute Gasteiger partial charge is 0.237 e. The Bertz CT molecular complexity index is 407. The van der Waals surface area contributed by atoms with Crippen LogP contribution in [0.1, 0.15) is 25.0 Å². The van der Waals surface area contributed by atoms with E-state index in [9.17, 15) is 4.79 Å². The third kappa shape index (κ3) is 5.21. The van der Waals surface area contributed by atoms with Gasteiger partial charge in [0.1, 0.15) is 5.88 Å². The van der Waals surface area contributed by atoms with E-state index >= 15 is 0 Å². The molecule has 0 heterocycles. The van der Waals surface area contributed by atoms with Gasteiger partial charge in [-0.1, -0.05) is 38.1 Å². The van der Waals surface area contributed by atoms with E-state index in [4.69, 9.17) is 16.3 Å². The standard InChI is InChI=1S/C15H22ClNO2/c1-12(2)9-17(15(18)8-16)10-13-6-4-5-7-14(13)11-19-3/h4-7,12H,8-11H2,1-3H3. The van der Waals surface area contributed by atoms with Crippen LogP contribution in [0.2, 0.25) is 0 Å². The fourth-order valence-electron chi connectivity index (χ4n) is 1.99. The molecular formula is C15H22ClNO2. The van der Waals surface area contributed by atoms with Crippen molar-refractivity contribution >= 4 is 17.5 Å². The summed E-state index contributed by atoms with van der Waals surface area (Å²) < 4.78 is 5.19. The minimum Gasteiger partial charge on any atom is -0.380 e. The third-order valence-electron chi connectivity index (χ3n) is 2.83. The number of alkyl halides is 1. The molecule has 0 N–H and O–H groups in total. The maximum absolute atomic E-state index is 11.9. The van der Waals surface area contributed by atoms with Gasteiger partial charge in [-0.3, -0.25) is 4.79 Å². The van der Waals surface area contributed by atoms with E-state index in [2.05, 4.69) is 13.8 Å². The van der Waals surface area contributed by atoms with Crippen molar-refractivity contribution in [3.8, 4) is 0 Å². The SMILES string of the molecule is COCc1ccccc1CN(CC(C)C)C(=O)CCl. The fraction of sp³-hybridized carbons (Fsp3) is 0.533. The Balaban J connectivity index is 2.86. The predicted octanol–water partition coefficient (Wildman–Crippen LogP) is 3.06. The Morgan fingerprint density at radius 1 is 1.32 bits per heavy atom. The second-order valence-electron chi connectivity index (χ2n) is 5.00. The van der Waals surface area contributed by atoms with Crippen LogP contribution in [0.15, 0.2) is 24.3 Å². The Kier molecular flexibility index (Phi) is 6.89. The average molecular weight is 284 g/mol. The van der Waals surface area contributed by atoms with Gasteiger partial charge >= 0.3 is 0 Å². The summed E-state index contributed by atoms with van der Waals surface area (Å²) >= 11 is 5.68. The summed E-state index contributed by atoms with van der Waals surface area (Å²) in [6, 6.07) is 8.02. The van der Waals surface area contributed by atoms with Crippen LogP contribution in [0, 0.1) is 5.92 Å². The van der Waals surface area contributed by atoms with Gasteiger partial charge in [-0.2, -0.15) is 0 Å². The molecule has 0 aromatic heterocycles. The molecule has 0 aliphatic carbocycles. The van der Waals surface area contributed by atoms with Gasteiger partial charge in [0.25, 0.3) is 0 Å². The summed E-state index contributed by atoms with van der Waals surface area (Å²) in [5.74, 6) is 0.420. The topological polar surface area (TPSA) is 29.5 Å². The van der Waals surface area contributed by atoms with Crippen LogP contribution in [-0.2, 0) is 22.7 Å². The molecule has 1 amide bonds. The maximum Gasteiger partial charge on any atom is 0.237 e. The molecule has 19 heavy (non-hydrogen) atoms. The highest BCUT2D eigenvalue weighted by molar-refractivity contribution is 6.27. The molecule has 1 aromatic rings. The molecule has 0 radical (unpaired) electrons. The number of amides is 1. The van der Waals surface area contributed by atoms with E-state index in [1.165, 1.54) is 0 Å². The van der Waals surface area contributed by atoms with Gasteiger partial charge in [-0.05, 0) is 17.0 Å². The molecule has 1 aromatic carbocycles. The van der Waals surface area contributed by atoms with E-state index < -0.39 is 0 Å². The van der Waals surface area contributed by atoms with Crippen molar-refractivity contribution in [1.82, 2.24) is 4.90 Å². The first-order valence-corrected chi connectivity index (χ1v) is 7.01. The second-order valence-corrected chi connectivity index (χ2v) is 5.27. The minimum atomic E-state index is -0.0254. The van der Waals surface area contributed by atoms with Crippen LogP contribution < -0.4 is 0 Å². The third-order valence-corrected chi connectivity index (χ3v) is 3.06. The van der Waals surface area contributed by atoms with E-state index in [0.717, 1.165) is 11.1 Å². The lowest BCUT2D eigenvalue weighted by Crippen LogP contribution is -2.34. The van der Waals surface area contributed by atoms with Gasteiger partial charge in [0, 0.05) is 20.2 Å². The summed E-state index contributed by atoms with van der Waals surface area (Å²) in [6.07, 6.45) is 0. The summed E-state index contributed by atoms with van der Waals surface area (Å²) in [5, 5.41) is 0. The minimum absolute atomic E-state index is 0.0254. The Morgan fingerprint density at radius 2 is 1.95 bits per heavy atom. The molecule has 0 fully saturated rings. The lowest BCUT2D eigenvalue weighted by Gasteiger charge is -2.25. The Hall–Kier alpha value is -1.06. The van der Waals surface area contributed by atoms with Gasteiger partial charge < -0.3 is 9.64 Å². The number of rotatable bonds is 7. The summed E-state index contributed by atoms with van der Waals surface area (Å²) in [4.78, 5) is 13.7. The monoisotopic (exact) mass is 283 g/mol. The molecule has 0 bridgehead atoms. The predicted molar refractivity (Wildman–Crippen MR) is 78.1 cm³/mol. The molecule has 0 unspecified atom stereocenters. The molecule has 1 rings (SSSR count). The van der Waals surface area contributed by atoms with Crippen molar-refractivity contribution in [3.63, 3.8) is 0 Å². The average Bonchev–Trinajstić information content (AvgIpc) is 2.39. The van der Waals surface area contributed by atoms with Gasteiger partial charge in [-0.15, -0.1) is 11.6 Å². The first kappa shape index (κ1) is 16.0. The van der Waals surface area contributed by atoms with Crippen molar-refractivity contribution in [2.45, 2.75) is 27.0 Å². The number of carbonyl (C=O) groups is 1. The number of halogens is 1. The van der Waals surface area contributed by atoms with E-state index in [1.54, 1.807) is 7.11 Å². The van der Waals surface area contributed by atoms with E-state index in [0.29, 0.717) is 25.6 Å². The zero-order valence-corrected chi connectivity index (χ0v) is 12.6. The van der Waals surface area contributed by atoms with Gasteiger partial charge in [0.2, 0.25) is 5.91 Å². The van der Waals surface area contributed by atoms with Crippen molar-refractivity contribution in [3.05, 3.63) is 35.4 Å². The number of nitrogens with zero attached hydrogens (tertiary/aromatic N) is 1. The molecular weight excluding hydrogens is 262 g/mol. The number of ether oxygens (including phenoxy) is 1. The molecule has 0 aliphatic rings. The number of benzene rings is 1. The molecule has 3 nitrogen and oxygen atoms in total. The van der Waals surface area contributed by atoms with Crippen LogP contribution in [0.4, 0.5) is 0 Å². The molecule has 0 atom stereocenters. The van der Waals surface area contributed by atoms with Crippen molar-refractivity contribution in [2.75, 3.05) is 19.5 Å². The number of carbonyl (C=O) groups excluding carboxylic acids is 1. The van der Waals surface area contributed by atoms with Crippen LogP contribution in [0.25, 0.3) is 0 Å². The molecule has 4 heteroatoms. The molecule has 0 saturated carbocycles. The van der Waals surface area contributed by atoms with Crippen molar-refractivity contribution in [1.29, 1.82) is 0 Å². The van der Waals surface area contributed by atoms with Gasteiger partial charge in [0.15, 0.2) is 0 Å². The Labute approximate surface area is 120 Å². The maximum atomic E-state index is 11.9. The largest absolute Gasteiger partial charge is 0.380 e. The lowest BCUT2D eigenvalue weighted by molar-refractivity contribution is -0.129. The van der Waals surface area contributed by atoms with Crippen molar-refractivity contribution < 1.29 is 9.53 Å². The summed E-state index contributed by atoms with van der Waals surface area (Å²) in [7, 11) is 1.67. The highest BCUT2D eigenvalue weighted by atomic mass is 35.5. The molecule has 0 spiro atoms. The van der Waals surface area contributed by atoms with Crippen LogP contribution in [-0.4, -0.2) is 30.3 Å². The zero-order chi connectivity index (χ0) is 14.3. The normalized spacial score (nSPS) is 10.8. The number of methoxy groups -OCH3 is 1. The van der Waals surface area contributed by atoms with Crippen LogP contribution >= 0.6 is 11.6 Å². The van der Waals surface area contributed by atoms with Crippen LogP contribution in [0.3, 0.4) is 0 Å². The first-order valence-electron chi connectivity index (χ1n) is 6.48. The van der Waals surface area contributed by atoms with Gasteiger partial charge in [-0.25, -0.2) is 0 Å².